The standard InChI is InChI=1S/C14H21FN2/c1-9(2)8-17(5)14-6-10(3)13(15)7-12(14)11(4)16/h6-7,11H,1,8,16H2,2-5H3/t11-/m1/s1. The van der Waals surface area contributed by atoms with Crippen molar-refractivity contribution in [3.05, 3.63) is 41.2 Å². The van der Waals surface area contributed by atoms with Gasteiger partial charge in [-0.3, -0.25) is 0 Å². The molecule has 0 radical (unpaired) electrons. The summed E-state index contributed by atoms with van der Waals surface area (Å²) < 4.78 is 13.6. The zero-order chi connectivity index (χ0) is 13.2. The lowest BCUT2D eigenvalue weighted by Gasteiger charge is -2.25. The number of benzene rings is 1. The number of nitrogens with zero attached hydrogens (tertiary/aromatic N) is 1. The Bertz CT molecular complexity index is 424. The summed E-state index contributed by atoms with van der Waals surface area (Å²) in [6, 6.07) is 3.19. The molecule has 0 fully saturated rings. The van der Waals surface area contributed by atoms with Crippen LogP contribution >= 0.6 is 0 Å². The summed E-state index contributed by atoms with van der Waals surface area (Å²) in [5.74, 6) is -0.204. The molecule has 0 aliphatic rings. The Balaban J connectivity index is 3.20. The maximum Gasteiger partial charge on any atom is 0.126 e. The molecule has 1 aromatic rings. The van der Waals surface area contributed by atoms with Crippen molar-refractivity contribution in [2.75, 3.05) is 18.5 Å². The first-order valence-electron chi connectivity index (χ1n) is 5.74. The summed E-state index contributed by atoms with van der Waals surface area (Å²) in [7, 11) is 1.97. The fourth-order valence-corrected chi connectivity index (χ4v) is 1.87. The van der Waals surface area contributed by atoms with Crippen molar-refractivity contribution in [2.24, 2.45) is 5.73 Å². The van der Waals surface area contributed by atoms with Crippen molar-refractivity contribution in [1.29, 1.82) is 0 Å². The Morgan fingerprint density at radius 3 is 2.59 bits per heavy atom. The average molecular weight is 236 g/mol. The third kappa shape index (κ3) is 3.30. The number of aryl methyl sites for hydroxylation is 1. The van der Waals surface area contributed by atoms with Crippen molar-refractivity contribution >= 4 is 5.69 Å². The maximum atomic E-state index is 13.6. The molecule has 94 valence electrons. The second-order valence-electron chi connectivity index (χ2n) is 4.76. The third-order valence-corrected chi connectivity index (χ3v) is 2.72. The minimum atomic E-state index is -0.204. The Kier molecular flexibility index (Phi) is 4.29. The number of likely N-dealkylation sites (N-methyl/N-ethyl adjacent to an activating group) is 1. The fraction of sp³-hybridized carbons (Fsp3) is 0.429. The summed E-state index contributed by atoms with van der Waals surface area (Å²) >= 11 is 0. The van der Waals surface area contributed by atoms with E-state index in [1.165, 1.54) is 6.07 Å². The van der Waals surface area contributed by atoms with Crippen molar-refractivity contribution < 1.29 is 4.39 Å². The predicted molar refractivity (Wildman–Crippen MR) is 71.8 cm³/mol. The van der Waals surface area contributed by atoms with Crippen molar-refractivity contribution in [3.8, 4) is 0 Å². The van der Waals surface area contributed by atoms with Gasteiger partial charge in [-0.05, 0) is 44.0 Å². The molecule has 0 saturated carbocycles. The van der Waals surface area contributed by atoms with Crippen LogP contribution in [-0.2, 0) is 0 Å². The molecule has 0 saturated heterocycles. The van der Waals surface area contributed by atoms with E-state index in [-0.39, 0.29) is 11.9 Å². The zero-order valence-electron chi connectivity index (χ0n) is 11.0. The van der Waals surface area contributed by atoms with Crippen LogP contribution in [0.1, 0.15) is 31.0 Å². The van der Waals surface area contributed by atoms with Crippen LogP contribution in [0, 0.1) is 12.7 Å². The second-order valence-corrected chi connectivity index (χ2v) is 4.76. The van der Waals surface area contributed by atoms with Crippen LogP contribution in [0.3, 0.4) is 0 Å². The first-order valence-corrected chi connectivity index (χ1v) is 5.74. The molecule has 2 nitrogen and oxygen atoms in total. The van der Waals surface area contributed by atoms with Crippen LogP contribution in [0.4, 0.5) is 10.1 Å². The lowest BCUT2D eigenvalue weighted by Crippen LogP contribution is -2.22. The number of hydrogen-bond donors (Lipinski definition) is 1. The average Bonchev–Trinajstić information content (AvgIpc) is 2.19. The Labute approximate surface area is 103 Å². The van der Waals surface area contributed by atoms with Gasteiger partial charge >= 0.3 is 0 Å². The molecule has 0 aromatic heterocycles. The van der Waals surface area contributed by atoms with Crippen LogP contribution in [0.15, 0.2) is 24.3 Å². The smallest absolute Gasteiger partial charge is 0.126 e. The van der Waals surface area contributed by atoms with Gasteiger partial charge in [-0.15, -0.1) is 0 Å². The normalized spacial score (nSPS) is 12.4. The quantitative estimate of drug-likeness (QED) is 0.814. The fourth-order valence-electron chi connectivity index (χ4n) is 1.87. The SMILES string of the molecule is C=C(C)CN(C)c1cc(C)c(F)cc1[C@@H](C)N. The minimum absolute atomic E-state index is 0.187. The van der Waals surface area contributed by atoms with E-state index in [0.29, 0.717) is 5.56 Å². The molecule has 17 heavy (non-hydrogen) atoms. The first kappa shape index (κ1) is 13.7. The van der Waals surface area contributed by atoms with Gasteiger partial charge in [0.15, 0.2) is 0 Å². The van der Waals surface area contributed by atoms with Gasteiger partial charge in [0.2, 0.25) is 0 Å². The lowest BCUT2D eigenvalue weighted by atomic mass is 10.0. The predicted octanol–water partition coefficient (Wildman–Crippen LogP) is 3.17. The molecule has 0 aliphatic heterocycles. The Morgan fingerprint density at radius 1 is 1.53 bits per heavy atom. The summed E-state index contributed by atoms with van der Waals surface area (Å²) in [6.07, 6.45) is 0. The van der Waals surface area contributed by atoms with E-state index in [9.17, 15) is 4.39 Å². The van der Waals surface area contributed by atoms with Gasteiger partial charge in [0.05, 0.1) is 0 Å². The van der Waals surface area contributed by atoms with Crippen LogP contribution in [0.2, 0.25) is 0 Å². The molecule has 0 aliphatic carbocycles. The van der Waals surface area contributed by atoms with E-state index < -0.39 is 0 Å². The van der Waals surface area contributed by atoms with Crippen LogP contribution < -0.4 is 10.6 Å². The number of anilines is 1. The van der Waals surface area contributed by atoms with Crippen molar-refractivity contribution in [2.45, 2.75) is 26.8 Å². The molecule has 0 spiro atoms. The maximum absolute atomic E-state index is 13.6. The van der Waals surface area contributed by atoms with E-state index in [1.54, 1.807) is 6.92 Å². The largest absolute Gasteiger partial charge is 0.370 e. The van der Waals surface area contributed by atoms with Gasteiger partial charge in [-0.2, -0.15) is 0 Å². The molecule has 1 rings (SSSR count). The Morgan fingerprint density at radius 2 is 2.12 bits per heavy atom. The molecule has 0 amide bonds. The Hall–Kier alpha value is -1.35. The second kappa shape index (κ2) is 5.32. The van der Waals surface area contributed by atoms with Gasteiger partial charge < -0.3 is 10.6 Å². The topological polar surface area (TPSA) is 29.3 Å². The molecule has 1 aromatic carbocycles. The summed E-state index contributed by atoms with van der Waals surface area (Å²) in [5.41, 5.74) is 9.39. The molecular formula is C14H21FN2. The van der Waals surface area contributed by atoms with E-state index >= 15 is 0 Å². The van der Waals surface area contributed by atoms with E-state index in [2.05, 4.69) is 6.58 Å². The van der Waals surface area contributed by atoms with Gasteiger partial charge in [-0.1, -0.05) is 12.2 Å². The molecule has 0 heterocycles. The summed E-state index contributed by atoms with van der Waals surface area (Å²) in [4.78, 5) is 2.05. The number of rotatable bonds is 4. The van der Waals surface area contributed by atoms with Gasteiger partial charge in [-0.25, -0.2) is 4.39 Å². The highest BCUT2D eigenvalue weighted by molar-refractivity contribution is 5.57. The molecule has 1 atom stereocenters. The molecule has 2 N–H and O–H groups in total. The summed E-state index contributed by atoms with van der Waals surface area (Å²) in [6.45, 7) is 10.2. The van der Waals surface area contributed by atoms with E-state index in [4.69, 9.17) is 5.73 Å². The zero-order valence-corrected chi connectivity index (χ0v) is 11.0. The van der Waals surface area contributed by atoms with E-state index in [1.807, 2.05) is 31.9 Å². The monoisotopic (exact) mass is 236 g/mol. The van der Waals surface area contributed by atoms with Crippen LogP contribution in [0.5, 0.6) is 0 Å². The van der Waals surface area contributed by atoms with Crippen LogP contribution in [-0.4, -0.2) is 13.6 Å². The van der Waals surface area contributed by atoms with Gasteiger partial charge in [0.1, 0.15) is 5.82 Å². The minimum Gasteiger partial charge on any atom is -0.370 e. The van der Waals surface area contributed by atoms with Gasteiger partial charge in [0.25, 0.3) is 0 Å². The van der Waals surface area contributed by atoms with Gasteiger partial charge in [0, 0.05) is 25.3 Å². The van der Waals surface area contributed by atoms with E-state index in [0.717, 1.165) is 23.4 Å². The molecular weight excluding hydrogens is 215 g/mol. The number of nitrogens with two attached hydrogens (primary N) is 1. The highest BCUT2D eigenvalue weighted by atomic mass is 19.1. The van der Waals surface area contributed by atoms with Crippen molar-refractivity contribution in [3.63, 3.8) is 0 Å². The highest BCUT2D eigenvalue weighted by Crippen LogP contribution is 2.28. The summed E-state index contributed by atoms with van der Waals surface area (Å²) in [5, 5.41) is 0. The lowest BCUT2D eigenvalue weighted by molar-refractivity contribution is 0.613. The first-order chi connectivity index (χ1) is 7.82. The number of halogens is 1. The molecule has 0 unspecified atom stereocenters. The molecule has 3 heteroatoms. The van der Waals surface area contributed by atoms with Crippen molar-refractivity contribution in [1.82, 2.24) is 0 Å². The third-order valence-electron chi connectivity index (χ3n) is 2.72. The van der Waals surface area contributed by atoms with Crippen LogP contribution in [0.25, 0.3) is 0 Å². The number of hydrogen-bond acceptors (Lipinski definition) is 2. The molecule has 0 bridgehead atoms. The highest BCUT2D eigenvalue weighted by Gasteiger charge is 2.14.